The number of aryl methyl sites for hydroxylation is 1. The third-order valence-corrected chi connectivity index (χ3v) is 6.22. The number of nitrogens with zero attached hydrogens (tertiary/aromatic N) is 1. The summed E-state index contributed by atoms with van der Waals surface area (Å²) in [5, 5.41) is 0. The van der Waals surface area contributed by atoms with Crippen molar-refractivity contribution in [1.82, 2.24) is 4.90 Å². The Hall–Kier alpha value is -2.21. The fourth-order valence-corrected chi connectivity index (χ4v) is 4.87. The molecular formula is C19H20FNO3S. The smallest absolute Gasteiger partial charge is 0.254 e. The van der Waals surface area contributed by atoms with Crippen molar-refractivity contribution in [2.75, 3.05) is 11.5 Å². The average molecular weight is 361 g/mol. The molecule has 0 bridgehead atoms. The molecule has 0 unspecified atom stereocenters. The first kappa shape index (κ1) is 17.6. The van der Waals surface area contributed by atoms with Crippen molar-refractivity contribution in [1.29, 1.82) is 0 Å². The Morgan fingerprint density at radius 1 is 1.20 bits per heavy atom. The van der Waals surface area contributed by atoms with Crippen molar-refractivity contribution in [3.05, 3.63) is 71.0 Å². The number of carbonyl (C=O) groups excluding carboxylic acids is 1. The predicted octanol–water partition coefficient (Wildman–Crippen LogP) is 2.96. The Balaban J connectivity index is 1.94. The summed E-state index contributed by atoms with van der Waals surface area (Å²) in [5.74, 6) is -0.676. The molecule has 0 aromatic heterocycles. The number of hydrogen-bond donors (Lipinski definition) is 0. The fraction of sp³-hybridized carbons (Fsp3) is 0.316. The van der Waals surface area contributed by atoms with E-state index >= 15 is 0 Å². The standard InChI is InChI=1S/C19H20FNO3S/c1-14-5-4-7-15(11-14)19(22)21(17-9-10-25(23,24)13-17)12-16-6-2-3-8-18(16)20/h2-8,11,17H,9-10,12-13H2,1H3/t17-/m0/s1. The lowest BCUT2D eigenvalue weighted by Crippen LogP contribution is -2.40. The van der Waals surface area contributed by atoms with Gasteiger partial charge in [0.05, 0.1) is 11.5 Å². The minimum Gasteiger partial charge on any atom is -0.330 e. The molecule has 0 spiro atoms. The molecule has 0 N–H and O–H groups in total. The van der Waals surface area contributed by atoms with Crippen LogP contribution in [0.1, 0.15) is 27.9 Å². The number of rotatable bonds is 4. The van der Waals surface area contributed by atoms with Gasteiger partial charge in [-0.2, -0.15) is 0 Å². The molecule has 3 rings (SSSR count). The third-order valence-electron chi connectivity index (χ3n) is 4.47. The van der Waals surface area contributed by atoms with Crippen LogP contribution in [0.15, 0.2) is 48.5 Å². The molecule has 132 valence electrons. The van der Waals surface area contributed by atoms with E-state index in [4.69, 9.17) is 0 Å². The summed E-state index contributed by atoms with van der Waals surface area (Å²) in [6.07, 6.45) is 0.383. The second-order valence-electron chi connectivity index (χ2n) is 6.45. The van der Waals surface area contributed by atoms with E-state index in [1.807, 2.05) is 13.0 Å². The second-order valence-corrected chi connectivity index (χ2v) is 8.68. The Labute approximate surface area is 147 Å². The van der Waals surface area contributed by atoms with Crippen LogP contribution >= 0.6 is 0 Å². The Morgan fingerprint density at radius 2 is 1.96 bits per heavy atom. The molecule has 1 heterocycles. The largest absolute Gasteiger partial charge is 0.330 e. The van der Waals surface area contributed by atoms with Gasteiger partial charge in [-0.25, -0.2) is 12.8 Å². The predicted molar refractivity (Wildman–Crippen MR) is 94.5 cm³/mol. The molecular weight excluding hydrogens is 341 g/mol. The number of carbonyl (C=O) groups is 1. The summed E-state index contributed by atoms with van der Waals surface area (Å²) < 4.78 is 37.8. The molecule has 2 aromatic carbocycles. The van der Waals surface area contributed by atoms with Crippen molar-refractivity contribution in [3.63, 3.8) is 0 Å². The molecule has 1 amide bonds. The van der Waals surface area contributed by atoms with Gasteiger partial charge in [-0.05, 0) is 31.5 Å². The Morgan fingerprint density at radius 3 is 2.60 bits per heavy atom. The molecule has 1 aliphatic heterocycles. The van der Waals surface area contributed by atoms with Gasteiger partial charge in [0.25, 0.3) is 5.91 Å². The van der Waals surface area contributed by atoms with Gasteiger partial charge in [0, 0.05) is 23.7 Å². The summed E-state index contributed by atoms with van der Waals surface area (Å²) in [7, 11) is -3.15. The van der Waals surface area contributed by atoms with E-state index in [2.05, 4.69) is 0 Å². The van der Waals surface area contributed by atoms with E-state index in [0.717, 1.165) is 5.56 Å². The Kier molecular flexibility index (Phi) is 4.90. The van der Waals surface area contributed by atoms with Crippen LogP contribution < -0.4 is 0 Å². The number of hydrogen-bond acceptors (Lipinski definition) is 3. The molecule has 1 aliphatic rings. The van der Waals surface area contributed by atoms with Crippen molar-refractivity contribution < 1.29 is 17.6 Å². The summed E-state index contributed by atoms with van der Waals surface area (Å²) in [6.45, 7) is 1.94. The van der Waals surface area contributed by atoms with Crippen LogP contribution in [0.3, 0.4) is 0 Å². The van der Waals surface area contributed by atoms with Crippen LogP contribution in [0.2, 0.25) is 0 Å². The van der Waals surface area contributed by atoms with Gasteiger partial charge in [0.1, 0.15) is 5.82 Å². The van der Waals surface area contributed by atoms with Crippen molar-refractivity contribution in [2.24, 2.45) is 0 Å². The number of benzene rings is 2. The van der Waals surface area contributed by atoms with Crippen LogP contribution in [-0.2, 0) is 16.4 Å². The lowest BCUT2D eigenvalue weighted by Gasteiger charge is -2.29. The summed E-state index contributed by atoms with van der Waals surface area (Å²) in [4.78, 5) is 14.5. The maximum absolute atomic E-state index is 14.1. The van der Waals surface area contributed by atoms with Gasteiger partial charge in [0.2, 0.25) is 0 Å². The SMILES string of the molecule is Cc1cccc(C(=O)N(Cc2ccccc2F)[C@H]2CCS(=O)(=O)C2)c1. The van der Waals surface area contributed by atoms with Crippen molar-refractivity contribution >= 4 is 15.7 Å². The molecule has 1 fully saturated rings. The lowest BCUT2D eigenvalue weighted by molar-refractivity contribution is 0.0679. The minimum absolute atomic E-state index is 0.0552. The summed E-state index contributed by atoms with van der Waals surface area (Å²) in [6, 6.07) is 13.0. The normalized spacial score (nSPS) is 18.9. The zero-order chi connectivity index (χ0) is 18.0. The van der Waals surface area contributed by atoms with Gasteiger partial charge in [-0.3, -0.25) is 4.79 Å². The molecule has 6 heteroatoms. The van der Waals surface area contributed by atoms with Crippen LogP contribution in [0.5, 0.6) is 0 Å². The highest BCUT2D eigenvalue weighted by Gasteiger charge is 2.35. The molecule has 1 atom stereocenters. The number of halogens is 1. The van der Waals surface area contributed by atoms with E-state index in [0.29, 0.717) is 17.5 Å². The zero-order valence-corrected chi connectivity index (χ0v) is 14.8. The first-order chi connectivity index (χ1) is 11.9. The molecule has 4 nitrogen and oxygen atoms in total. The average Bonchev–Trinajstić information content (AvgIpc) is 2.93. The maximum Gasteiger partial charge on any atom is 0.254 e. The van der Waals surface area contributed by atoms with Crippen LogP contribution in [0.25, 0.3) is 0 Å². The van der Waals surface area contributed by atoms with E-state index < -0.39 is 21.7 Å². The van der Waals surface area contributed by atoms with Gasteiger partial charge >= 0.3 is 0 Å². The highest BCUT2D eigenvalue weighted by atomic mass is 32.2. The van der Waals surface area contributed by atoms with Crippen LogP contribution in [-0.4, -0.2) is 36.8 Å². The monoisotopic (exact) mass is 361 g/mol. The molecule has 0 saturated carbocycles. The topological polar surface area (TPSA) is 54.5 Å². The van der Waals surface area contributed by atoms with E-state index in [1.54, 1.807) is 36.4 Å². The molecule has 1 saturated heterocycles. The van der Waals surface area contributed by atoms with Gasteiger partial charge < -0.3 is 4.90 Å². The number of sulfone groups is 1. The van der Waals surface area contributed by atoms with Crippen LogP contribution in [0, 0.1) is 12.7 Å². The molecule has 25 heavy (non-hydrogen) atoms. The lowest BCUT2D eigenvalue weighted by atomic mass is 10.1. The molecule has 2 aromatic rings. The quantitative estimate of drug-likeness (QED) is 0.841. The summed E-state index contributed by atoms with van der Waals surface area (Å²) in [5.41, 5.74) is 1.81. The van der Waals surface area contributed by atoms with Gasteiger partial charge in [-0.15, -0.1) is 0 Å². The highest BCUT2D eigenvalue weighted by molar-refractivity contribution is 7.91. The summed E-state index contributed by atoms with van der Waals surface area (Å²) >= 11 is 0. The molecule has 0 radical (unpaired) electrons. The Bertz CT molecular complexity index is 895. The van der Waals surface area contributed by atoms with Gasteiger partial charge in [-0.1, -0.05) is 35.9 Å². The zero-order valence-electron chi connectivity index (χ0n) is 14.0. The van der Waals surface area contributed by atoms with E-state index in [1.165, 1.54) is 11.0 Å². The first-order valence-electron chi connectivity index (χ1n) is 8.17. The first-order valence-corrected chi connectivity index (χ1v) is 9.99. The van der Waals surface area contributed by atoms with E-state index in [9.17, 15) is 17.6 Å². The number of amides is 1. The molecule has 0 aliphatic carbocycles. The third kappa shape index (κ3) is 4.07. The maximum atomic E-state index is 14.1. The van der Waals surface area contributed by atoms with Gasteiger partial charge in [0.15, 0.2) is 9.84 Å². The van der Waals surface area contributed by atoms with Crippen molar-refractivity contribution in [2.45, 2.75) is 25.9 Å². The minimum atomic E-state index is -3.15. The van der Waals surface area contributed by atoms with E-state index in [-0.39, 0.29) is 24.0 Å². The second kappa shape index (κ2) is 6.96. The van der Waals surface area contributed by atoms with Crippen molar-refractivity contribution in [3.8, 4) is 0 Å². The fourth-order valence-electron chi connectivity index (χ4n) is 3.14. The van der Waals surface area contributed by atoms with Crippen LogP contribution in [0.4, 0.5) is 4.39 Å². The highest BCUT2D eigenvalue weighted by Crippen LogP contribution is 2.23.